The van der Waals surface area contributed by atoms with Crippen molar-refractivity contribution in [3.05, 3.63) is 107 Å². The zero-order chi connectivity index (χ0) is 22.1. The lowest BCUT2D eigenvalue weighted by Crippen LogP contribution is -2.28. The van der Waals surface area contributed by atoms with Crippen LogP contribution in [-0.2, 0) is 5.60 Å². The standard InChI is InChI=1S/C30H29NO/c1-3-13-23-25(14-4-2)30(32,22-17-9-6-10-18-22)28-24-19-11-12-20-26(24)31-29(27(23)28)21-15-7-5-8-16-21/h5-12,15-20,32H,3-4,13-14H2,1-2H3. The lowest BCUT2D eigenvalue weighted by Gasteiger charge is -2.30. The number of hydrogen-bond acceptors (Lipinski definition) is 2. The van der Waals surface area contributed by atoms with Crippen LogP contribution in [0.15, 0.2) is 90.5 Å². The molecule has 1 heterocycles. The van der Waals surface area contributed by atoms with Crippen molar-refractivity contribution < 1.29 is 5.11 Å². The van der Waals surface area contributed by atoms with Crippen LogP contribution >= 0.6 is 0 Å². The minimum Gasteiger partial charge on any atom is -0.376 e. The molecule has 1 N–H and O–H groups in total. The second kappa shape index (κ2) is 8.37. The smallest absolute Gasteiger partial charge is 0.138 e. The first-order valence-electron chi connectivity index (χ1n) is 11.7. The van der Waals surface area contributed by atoms with Gasteiger partial charge in [-0.2, -0.15) is 0 Å². The number of aliphatic hydroxyl groups is 1. The highest BCUT2D eigenvalue weighted by Crippen LogP contribution is 2.55. The van der Waals surface area contributed by atoms with E-state index in [9.17, 15) is 5.11 Å². The quantitative estimate of drug-likeness (QED) is 0.351. The minimum atomic E-state index is -1.15. The molecular formula is C30H29NO. The first-order chi connectivity index (χ1) is 15.7. The summed E-state index contributed by atoms with van der Waals surface area (Å²) in [4.78, 5) is 5.16. The number of para-hydroxylation sites is 1. The Morgan fingerprint density at radius 2 is 1.38 bits per heavy atom. The van der Waals surface area contributed by atoms with Gasteiger partial charge in [0.2, 0.25) is 0 Å². The monoisotopic (exact) mass is 419 g/mol. The number of nitrogens with zero attached hydrogens (tertiary/aromatic N) is 1. The summed E-state index contributed by atoms with van der Waals surface area (Å²) in [6.45, 7) is 4.41. The van der Waals surface area contributed by atoms with Crippen LogP contribution < -0.4 is 0 Å². The zero-order valence-corrected chi connectivity index (χ0v) is 18.8. The van der Waals surface area contributed by atoms with Crippen LogP contribution in [0.4, 0.5) is 0 Å². The van der Waals surface area contributed by atoms with E-state index in [4.69, 9.17) is 4.98 Å². The maximum Gasteiger partial charge on any atom is 0.138 e. The van der Waals surface area contributed by atoms with Crippen molar-refractivity contribution in [2.24, 2.45) is 0 Å². The Morgan fingerprint density at radius 1 is 0.750 bits per heavy atom. The summed E-state index contributed by atoms with van der Waals surface area (Å²) in [6.07, 6.45) is 3.79. The van der Waals surface area contributed by atoms with E-state index in [-0.39, 0.29) is 0 Å². The molecule has 4 aromatic rings. The Labute approximate surface area is 190 Å². The van der Waals surface area contributed by atoms with Crippen LogP contribution in [0.2, 0.25) is 0 Å². The van der Waals surface area contributed by atoms with Gasteiger partial charge in [0.1, 0.15) is 5.60 Å². The predicted molar refractivity (Wildman–Crippen MR) is 133 cm³/mol. The number of benzene rings is 3. The van der Waals surface area contributed by atoms with E-state index in [2.05, 4.69) is 68.4 Å². The average Bonchev–Trinajstić information content (AvgIpc) is 3.10. The molecule has 0 aliphatic heterocycles. The number of aromatic nitrogens is 1. The Balaban J connectivity index is 1.96. The van der Waals surface area contributed by atoms with Crippen LogP contribution in [0, 0.1) is 0 Å². The van der Waals surface area contributed by atoms with Gasteiger partial charge in [0.25, 0.3) is 0 Å². The lowest BCUT2D eigenvalue weighted by molar-refractivity contribution is 0.122. The number of allylic oxidation sites excluding steroid dienone is 1. The molecule has 5 rings (SSSR count). The first-order valence-corrected chi connectivity index (χ1v) is 11.7. The zero-order valence-electron chi connectivity index (χ0n) is 18.8. The molecular weight excluding hydrogens is 390 g/mol. The Kier molecular flexibility index (Phi) is 5.40. The van der Waals surface area contributed by atoms with Gasteiger partial charge in [-0.05, 0) is 35.6 Å². The van der Waals surface area contributed by atoms with Gasteiger partial charge in [0.05, 0.1) is 11.2 Å². The molecule has 160 valence electrons. The Bertz CT molecular complexity index is 1290. The summed E-state index contributed by atoms with van der Waals surface area (Å²) >= 11 is 0. The van der Waals surface area contributed by atoms with E-state index in [1.54, 1.807) is 0 Å². The van der Waals surface area contributed by atoms with Crippen LogP contribution in [-0.4, -0.2) is 10.1 Å². The van der Waals surface area contributed by atoms with E-state index < -0.39 is 5.60 Å². The fourth-order valence-corrected chi connectivity index (χ4v) is 5.31. The number of fused-ring (bicyclic) bond motifs is 3. The van der Waals surface area contributed by atoms with Gasteiger partial charge < -0.3 is 5.11 Å². The fourth-order valence-electron chi connectivity index (χ4n) is 5.31. The summed E-state index contributed by atoms with van der Waals surface area (Å²) in [7, 11) is 0. The summed E-state index contributed by atoms with van der Waals surface area (Å²) in [5, 5.41) is 13.7. The fraction of sp³-hybridized carbons (Fsp3) is 0.233. The average molecular weight is 420 g/mol. The van der Waals surface area contributed by atoms with Gasteiger partial charge in [-0.25, -0.2) is 4.98 Å². The van der Waals surface area contributed by atoms with Crippen molar-refractivity contribution in [2.45, 2.75) is 45.1 Å². The molecule has 0 radical (unpaired) electrons. The molecule has 0 fully saturated rings. The van der Waals surface area contributed by atoms with E-state index in [1.165, 1.54) is 5.57 Å². The number of hydrogen-bond donors (Lipinski definition) is 1. The minimum absolute atomic E-state index is 0.859. The van der Waals surface area contributed by atoms with Crippen molar-refractivity contribution in [3.8, 4) is 11.3 Å². The highest BCUT2D eigenvalue weighted by atomic mass is 16.3. The van der Waals surface area contributed by atoms with Gasteiger partial charge >= 0.3 is 0 Å². The summed E-state index contributed by atoms with van der Waals surface area (Å²) in [5.41, 5.74) is 7.32. The topological polar surface area (TPSA) is 33.1 Å². The van der Waals surface area contributed by atoms with Gasteiger partial charge in [-0.1, -0.05) is 106 Å². The molecule has 1 aromatic heterocycles. The van der Waals surface area contributed by atoms with Gasteiger partial charge in [0.15, 0.2) is 0 Å². The highest BCUT2D eigenvalue weighted by Gasteiger charge is 2.46. The SMILES string of the molecule is CCCC1=C(CCC)C(O)(c2ccccc2)c2c1c(-c1ccccc1)nc1ccccc21. The third kappa shape index (κ3) is 3.10. The summed E-state index contributed by atoms with van der Waals surface area (Å²) < 4.78 is 0. The Morgan fingerprint density at radius 3 is 2.06 bits per heavy atom. The molecule has 0 saturated carbocycles. The maximum absolute atomic E-state index is 12.7. The first kappa shape index (κ1) is 20.7. The van der Waals surface area contributed by atoms with E-state index >= 15 is 0 Å². The largest absolute Gasteiger partial charge is 0.376 e. The molecule has 2 nitrogen and oxygen atoms in total. The van der Waals surface area contributed by atoms with Crippen LogP contribution in [0.1, 0.15) is 56.2 Å². The third-order valence-corrected chi connectivity index (χ3v) is 6.60. The maximum atomic E-state index is 12.7. The van der Waals surface area contributed by atoms with Crippen molar-refractivity contribution in [1.82, 2.24) is 4.98 Å². The highest BCUT2D eigenvalue weighted by molar-refractivity contribution is 5.99. The van der Waals surface area contributed by atoms with Crippen LogP contribution in [0.3, 0.4) is 0 Å². The van der Waals surface area contributed by atoms with Gasteiger partial charge in [-0.3, -0.25) is 0 Å². The molecule has 3 aromatic carbocycles. The van der Waals surface area contributed by atoms with Gasteiger partial charge in [0, 0.05) is 22.1 Å². The summed E-state index contributed by atoms with van der Waals surface area (Å²) in [6, 6.07) is 28.8. The van der Waals surface area contributed by atoms with Crippen LogP contribution in [0.5, 0.6) is 0 Å². The molecule has 1 aliphatic rings. The number of rotatable bonds is 6. The normalized spacial score (nSPS) is 17.7. The lowest BCUT2D eigenvalue weighted by atomic mass is 9.80. The molecule has 0 amide bonds. The molecule has 1 atom stereocenters. The van der Waals surface area contributed by atoms with Crippen LogP contribution in [0.25, 0.3) is 27.7 Å². The molecule has 1 aliphatic carbocycles. The number of pyridine rings is 1. The molecule has 2 heteroatoms. The van der Waals surface area contributed by atoms with Crippen molar-refractivity contribution in [2.75, 3.05) is 0 Å². The molecule has 0 bridgehead atoms. The van der Waals surface area contributed by atoms with E-state index in [0.29, 0.717) is 0 Å². The third-order valence-electron chi connectivity index (χ3n) is 6.60. The van der Waals surface area contributed by atoms with Gasteiger partial charge in [-0.15, -0.1) is 0 Å². The van der Waals surface area contributed by atoms with E-state index in [1.807, 2.05) is 30.3 Å². The van der Waals surface area contributed by atoms with Crippen molar-refractivity contribution >= 4 is 16.5 Å². The predicted octanol–water partition coefficient (Wildman–Crippen LogP) is 7.51. The summed E-state index contributed by atoms with van der Waals surface area (Å²) in [5.74, 6) is 0. The van der Waals surface area contributed by atoms with Crippen molar-refractivity contribution in [3.63, 3.8) is 0 Å². The van der Waals surface area contributed by atoms with Crippen molar-refractivity contribution in [1.29, 1.82) is 0 Å². The molecule has 0 saturated heterocycles. The van der Waals surface area contributed by atoms with E-state index in [0.717, 1.165) is 70.1 Å². The Hall–Kier alpha value is -3.23. The second-order valence-corrected chi connectivity index (χ2v) is 8.63. The molecule has 0 spiro atoms. The molecule has 1 unspecified atom stereocenters. The second-order valence-electron chi connectivity index (χ2n) is 8.63. The molecule has 32 heavy (non-hydrogen) atoms.